The van der Waals surface area contributed by atoms with Crippen LogP contribution in [0.15, 0.2) is 236 Å². The summed E-state index contributed by atoms with van der Waals surface area (Å²) in [7, 11) is 0. The van der Waals surface area contributed by atoms with Crippen LogP contribution in [0.2, 0.25) is 0 Å². The lowest BCUT2D eigenvalue weighted by atomic mass is 9.65. The SMILES string of the molecule is C[C@@H]1C(c2cccc(-c3cc4c(c5ccccc35)Oc3ccccc3C43c4ccccc4-c4ccccc43)c2)=CC=CC2=C1c1ccccc1C21c2ccccc2-c2ccc3ccccc3c21. The summed E-state index contributed by atoms with van der Waals surface area (Å²) in [4.78, 5) is 0. The molecule has 10 aromatic carbocycles. The third-order valence-electron chi connectivity index (χ3n) is 16.0. The highest BCUT2D eigenvalue weighted by Gasteiger charge is 2.54. The summed E-state index contributed by atoms with van der Waals surface area (Å²) in [6, 6.07) is 79.4. The third-order valence-corrected chi connectivity index (χ3v) is 16.0. The van der Waals surface area contributed by atoms with Gasteiger partial charge in [0, 0.05) is 22.4 Å². The summed E-state index contributed by atoms with van der Waals surface area (Å²) in [5, 5.41) is 4.90. The van der Waals surface area contributed by atoms with Crippen LogP contribution in [0, 0.1) is 5.92 Å². The zero-order valence-corrected chi connectivity index (χ0v) is 36.9. The molecule has 0 saturated carbocycles. The van der Waals surface area contributed by atoms with Crippen LogP contribution < -0.4 is 4.74 Å². The Morgan fingerprint density at radius 3 is 1.72 bits per heavy atom. The fourth-order valence-electron chi connectivity index (χ4n) is 13.5. The van der Waals surface area contributed by atoms with Gasteiger partial charge in [-0.15, -0.1) is 0 Å². The summed E-state index contributed by atoms with van der Waals surface area (Å²) < 4.78 is 7.10. The molecule has 4 aliphatic carbocycles. The molecule has 312 valence electrons. The number of para-hydroxylation sites is 1. The molecule has 2 atom stereocenters. The number of rotatable bonds is 2. The number of benzene rings is 10. The Morgan fingerprint density at radius 1 is 0.403 bits per heavy atom. The quantitative estimate of drug-likeness (QED) is 0.168. The molecular weight excluding hydrogens is 809 g/mol. The van der Waals surface area contributed by atoms with Crippen molar-refractivity contribution in [3.8, 4) is 44.9 Å². The Balaban J connectivity index is 0.936. The molecule has 15 rings (SSSR count). The van der Waals surface area contributed by atoms with Crippen molar-refractivity contribution >= 4 is 32.7 Å². The average molecular weight is 851 g/mol. The number of hydrogen-bond donors (Lipinski definition) is 0. The van der Waals surface area contributed by atoms with Crippen LogP contribution in [0.25, 0.3) is 66.1 Å². The van der Waals surface area contributed by atoms with Crippen molar-refractivity contribution < 1.29 is 4.74 Å². The molecule has 1 heterocycles. The minimum Gasteiger partial charge on any atom is -0.456 e. The molecule has 0 fully saturated rings. The summed E-state index contributed by atoms with van der Waals surface area (Å²) >= 11 is 0. The van der Waals surface area contributed by atoms with E-state index in [-0.39, 0.29) is 5.92 Å². The van der Waals surface area contributed by atoms with E-state index in [0.717, 1.165) is 16.9 Å². The molecule has 1 nitrogen and oxygen atoms in total. The van der Waals surface area contributed by atoms with Crippen molar-refractivity contribution in [3.63, 3.8) is 0 Å². The molecule has 0 radical (unpaired) electrons. The molecule has 0 bridgehead atoms. The Kier molecular flexibility index (Phi) is 7.41. The number of allylic oxidation sites excluding steroid dienone is 6. The summed E-state index contributed by atoms with van der Waals surface area (Å²) in [5.74, 6) is 1.94. The minimum atomic E-state index is -0.561. The van der Waals surface area contributed by atoms with Gasteiger partial charge in [-0.3, -0.25) is 0 Å². The maximum atomic E-state index is 7.10. The van der Waals surface area contributed by atoms with Gasteiger partial charge in [0.15, 0.2) is 0 Å². The minimum absolute atomic E-state index is 0.104. The molecule has 0 aromatic heterocycles. The van der Waals surface area contributed by atoms with E-state index in [1.165, 1.54) is 116 Å². The highest BCUT2D eigenvalue weighted by atomic mass is 16.5. The van der Waals surface area contributed by atoms with Crippen molar-refractivity contribution in [1.82, 2.24) is 0 Å². The first kappa shape index (κ1) is 37.0. The molecule has 2 spiro atoms. The maximum absolute atomic E-state index is 7.10. The standard InChI is InChI=1S/C66H42O/c1-40-44(28-17-34-59-62(40)52-27-9-13-32-57(52)66(59)56-31-12-8-25-49(56)50-37-36-41-18-2-3-21-45(41)63(50)66)42-19-16-20-43(38-42)53-39-60-64(51-26-5-4-22-46(51)53)67-61-35-15-14-33-58(61)65(60)54-29-10-6-23-47(54)48-24-7-11-30-55(48)65/h2-40H,1H3/t40-,66?/m1/s1. The molecule has 0 N–H and O–H groups in total. The Bertz CT molecular complexity index is 3880. The topological polar surface area (TPSA) is 9.23 Å². The highest BCUT2D eigenvalue weighted by molar-refractivity contribution is 6.07. The van der Waals surface area contributed by atoms with Gasteiger partial charge in [-0.05, 0) is 123 Å². The van der Waals surface area contributed by atoms with Gasteiger partial charge in [0.25, 0.3) is 0 Å². The smallest absolute Gasteiger partial charge is 0.140 e. The summed E-state index contributed by atoms with van der Waals surface area (Å²) in [5.41, 5.74) is 22.4. The third kappa shape index (κ3) is 4.59. The molecule has 67 heavy (non-hydrogen) atoms. The number of fused-ring (bicyclic) bond motifs is 22. The molecule has 0 amide bonds. The lowest BCUT2D eigenvalue weighted by Crippen LogP contribution is -2.32. The lowest BCUT2D eigenvalue weighted by molar-refractivity contribution is 0.442. The molecule has 5 aliphatic rings. The van der Waals surface area contributed by atoms with Gasteiger partial charge in [-0.25, -0.2) is 0 Å². The second kappa shape index (κ2) is 13.4. The molecule has 10 aromatic rings. The van der Waals surface area contributed by atoms with Crippen LogP contribution >= 0.6 is 0 Å². The molecule has 1 unspecified atom stereocenters. The first-order chi connectivity index (χ1) is 33.2. The van der Waals surface area contributed by atoms with Crippen LogP contribution in [0.5, 0.6) is 11.5 Å². The summed E-state index contributed by atoms with van der Waals surface area (Å²) in [6.07, 6.45) is 7.17. The van der Waals surface area contributed by atoms with Crippen LogP contribution in [0.3, 0.4) is 0 Å². The van der Waals surface area contributed by atoms with E-state index in [9.17, 15) is 0 Å². The Morgan fingerprint density at radius 2 is 0.970 bits per heavy atom. The second-order valence-corrected chi connectivity index (χ2v) is 18.9. The monoisotopic (exact) mass is 850 g/mol. The largest absolute Gasteiger partial charge is 0.456 e. The van der Waals surface area contributed by atoms with Crippen LogP contribution in [-0.4, -0.2) is 0 Å². The number of ether oxygens (including phenoxy) is 1. The van der Waals surface area contributed by atoms with Crippen molar-refractivity contribution in [2.45, 2.75) is 17.8 Å². The first-order valence-corrected chi connectivity index (χ1v) is 23.7. The Hall–Kier alpha value is -8.26. The van der Waals surface area contributed by atoms with E-state index in [2.05, 4.69) is 237 Å². The van der Waals surface area contributed by atoms with Gasteiger partial charge in [0.2, 0.25) is 0 Å². The lowest BCUT2D eigenvalue weighted by Gasteiger charge is -2.40. The number of hydrogen-bond acceptors (Lipinski definition) is 1. The van der Waals surface area contributed by atoms with Crippen molar-refractivity contribution in [2.24, 2.45) is 5.92 Å². The van der Waals surface area contributed by atoms with Crippen LogP contribution in [0.1, 0.15) is 57.0 Å². The Labute approximate surface area is 390 Å². The van der Waals surface area contributed by atoms with Crippen molar-refractivity contribution in [3.05, 3.63) is 286 Å². The van der Waals surface area contributed by atoms with E-state index >= 15 is 0 Å². The van der Waals surface area contributed by atoms with E-state index in [1.807, 2.05) is 0 Å². The van der Waals surface area contributed by atoms with E-state index in [0.29, 0.717) is 0 Å². The second-order valence-electron chi connectivity index (χ2n) is 18.9. The maximum Gasteiger partial charge on any atom is 0.140 e. The fraction of sp³-hybridized carbons (Fsp3) is 0.0606. The highest BCUT2D eigenvalue weighted by Crippen LogP contribution is 2.66. The predicted octanol–water partition coefficient (Wildman–Crippen LogP) is 16.5. The summed E-state index contributed by atoms with van der Waals surface area (Å²) in [6.45, 7) is 2.43. The van der Waals surface area contributed by atoms with E-state index < -0.39 is 10.8 Å². The molecule has 0 saturated heterocycles. The van der Waals surface area contributed by atoms with Gasteiger partial charge in [-0.2, -0.15) is 0 Å². The predicted molar refractivity (Wildman–Crippen MR) is 276 cm³/mol. The normalized spacial score (nSPS) is 18.3. The van der Waals surface area contributed by atoms with Gasteiger partial charge in [-0.1, -0.05) is 219 Å². The average Bonchev–Trinajstić information content (AvgIpc) is 3.92. The van der Waals surface area contributed by atoms with Gasteiger partial charge in [0.1, 0.15) is 11.5 Å². The first-order valence-electron chi connectivity index (χ1n) is 23.7. The van der Waals surface area contributed by atoms with Gasteiger partial charge in [0.05, 0.1) is 10.8 Å². The van der Waals surface area contributed by atoms with Crippen molar-refractivity contribution in [2.75, 3.05) is 0 Å². The van der Waals surface area contributed by atoms with Gasteiger partial charge >= 0.3 is 0 Å². The molecule has 1 aliphatic heterocycles. The van der Waals surface area contributed by atoms with Crippen molar-refractivity contribution in [1.29, 1.82) is 0 Å². The molecule has 1 heteroatoms. The fourth-order valence-corrected chi connectivity index (χ4v) is 13.5. The van der Waals surface area contributed by atoms with E-state index in [4.69, 9.17) is 4.74 Å². The van der Waals surface area contributed by atoms with Crippen LogP contribution in [0.4, 0.5) is 0 Å². The zero-order chi connectivity index (χ0) is 44.0. The van der Waals surface area contributed by atoms with Crippen LogP contribution in [-0.2, 0) is 10.8 Å². The van der Waals surface area contributed by atoms with Gasteiger partial charge < -0.3 is 4.74 Å². The molecular formula is C66H42O. The van der Waals surface area contributed by atoms with E-state index in [1.54, 1.807) is 0 Å². The zero-order valence-electron chi connectivity index (χ0n) is 36.9.